The molecule has 1 aliphatic heterocycles. The fraction of sp³-hybridized carbons (Fsp3) is 0.667. The van der Waals surface area contributed by atoms with E-state index < -0.39 is 0 Å². The molecule has 1 fully saturated rings. The van der Waals surface area contributed by atoms with Crippen molar-refractivity contribution in [3.63, 3.8) is 0 Å². The van der Waals surface area contributed by atoms with Gasteiger partial charge in [0, 0.05) is 11.3 Å². The number of nitrogens with one attached hydrogen (secondary N) is 1. The lowest BCUT2D eigenvalue weighted by atomic mass is 9.86. The van der Waals surface area contributed by atoms with Gasteiger partial charge < -0.3 is 5.32 Å². The minimum absolute atomic E-state index is 0.243. The molecule has 2 atom stereocenters. The molecule has 1 nitrogen and oxygen atoms in total. The van der Waals surface area contributed by atoms with E-state index in [9.17, 15) is 0 Å². The van der Waals surface area contributed by atoms with Crippen LogP contribution in [0.15, 0.2) is 24.3 Å². The van der Waals surface area contributed by atoms with Crippen molar-refractivity contribution in [1.29, 1.82) is 0 Å². The zero-order valence-corrected chi connectivity index (χ0v) is 14.2. The molecule has 0 saturated carbocycles. The molecule has 0 spiro atoms. The second-order valence-corrected chi connectivity index (χ2v) is 8.20. The van der Waals surface area contributed by atoms with Gasteiger partial charge in [-0.2, -0.15) is 11.8 Å². The van der Waals surface area contributed by atoms with Gasteiger partial charge in [0.1, 0.15) is 0 Å². The van der Waals surface area contributed by atoms with Crippen molar-refractivity contribution in [1.82, 2.24) is 5.32 Å². The molecule has 1 N–H and O–H groups in total. The van der Waals surface area contributed by atoms with Crippen LogP contribution in [-0.4, -0.2) is 17.5 Å². The van der Waals surface area contributed by atoms with Crippen molar-refractivity contribution >= 4 is 11.8 Å². The molecular weight excluding hydrogens is 262 g/mol. The van der Waals surface area contributed by atoms with E-state index in [2.05, 4.69) is 69.0 Å². The number of benzene rings is 1. The highest BCUT2D eigenvalue weighted by atomic mass is 32.2. The van der Waals surface area contributed by atoms with Crippen LogP contribution in [0.2, 0.25) is 0 Å². The van der Waals surface area contributed by atoms with Gasteiger partial charge in [-0.3, -0.25) is 0 Å². The van der Waals surface area contributed by atoms with Crippen LogP contribution in [0.1, 0.15) is 64.1 Å². The average molecular weight is 292 g/mol. The van der Waals surface area contributed by atoms with Crippen LogP contribution in [0.5, 0.6) is 0 Å². The minimum atomic E-state index is 0.243. The van der Waals surface area contributed by atoms with Gasteiger partial charge in [0.25, 0.3) is 0 Å². The maximum Gasteiger partial charge on any atom is 0.0440 e. The fourth-order valence-corrected chi connectivity index (χ4v) is 4.23. The van der Waals surface area contributed by atoms with Gasteiger partial charge in [-0.25, -0.2) is 0 Å². The van der Waals surface area contributed by atoms with Crippen LogP contribution in [0.25, 0.3) is 0 Å². The van der Waals surface area contributed by atoms with Gasteiger partial charge in [-0.15, -0.1) is 0 Å². The topological polar surface area (TPSA) is 12.0 Å². The van der Waals surface area contributed by atoms with Crippen molar-refractivity contribution < 1.29 is 0 Å². The third-order valence-electron chi connectivity index (χ3n) is 4.09. The Morgan fingerprint density at radius 3 is 2.45 bits per heavy atom. The Balaban J connectivity index is 2.15. The highest BCUT2D eigenvalue weighted by Crippen LogP contribution is 2.36. The van der Waals surface area contributed by atoms with Crippen LogP contribution < -0.4 is 5.32 Å². The Morgan fingerprint density at radius 1 is 1.25 bits per heavy atom. The number of thioether (sulfide) groups is 1. The van der Waals surface area contributed by atoms with E-state index in [-0.39, 0.29) is 5.41 Å². The van der Waals surface area contributed by atoms with Crippen LogP contribution in [0.3, 0.4) is 0 Å². The Bertz CT molecular complexity index is 398. The zero-order chi connectivity index (χ0) is 14.6. The Kier molecular flexibility index (Phi) is 5.57. The molecule has 112 valence electrons. The molecule has 1 heterocycles. The van der Waals surface area contributed by atoms with Gasteiger partial charge in [-0.05, 0) is 48.1 Å². The Hall–Kier alpha value is -0.470. The van der Waals surface area contributed by atoms with Gasteiger partial charge in [0.05, 0.1) is 0 Å². The Morgan fingerprint density at radius 2 is 1.95 bits per heavy atom. The van der Waals surface area contributed by atoms with Gasteiger partial charge in [0.15, 0.2) is 0 Å². The van der Waals surface area contributed by atoms with Crippen molar-refractivity contribution in [3.05, 3.63) is 35.4 Å². The van der Waals surface area contributed by atoms with Crippen LogP contribution in [0.4, 0.5) is 0 Å². The van der Waals surface area contributed by atoms with Crippen molar-refractivity contribution in [2.24, 2.45) is 0 Å². The minimum Gasteiger partial charge on any atom is -0.309 e. The summed E-state index contributed by atoms with van der Waals surface area (Å²) in [7, 11) is 0. The molecule has 2 rings (SSSR count). The molecule has 1 saturated heterocycles. The molecule has 0 aliphatic carbocycles. The van der Waals surface area contributed by atoms with Gasteiger partial charge in [-0.1, -0.05) is 52.0 Å². The first-order valence-corrected chi connectivity index (χ1v) is 9.02. The summed E-state index contributed by atoms with van der Waals surface area (Å²) in [6, 6.07) is 9.83. The molecule has 20 heavy (non-hydrogen) atoms. The summed E-state index contributed by atoms with van der Waals surface area (Å²) in [5, 5.41) is 4.52. The second kappa shape index (κ2) is 7.00. The third-order valence-corrected chi connectivity index (χ3v) is 5.55. The molecule has 2 heteroatoms. The Labute approximate surface area is 128 Å². The molecular formula is C18H29NS. The SMILES string of the molecule is CCCNC(c1ccc(C(C)(C)C)cc1)C1CCCS1. The van der Waals surface area contributed by atoms with Crippen molar-refractivity contribution in [2.45, 2.75) is 63.7 Å². The summed E-state index contributed by atoms with van der Waals surface area (Å²) < 4.78 is 0. The second-order valence-electron chi connectivity index (χ2n) is 6.86. The molecule has 1 aliphatic rings. The summed E-state index contributed by atoms with van der Waals surface area (Å²) in [6.07, 6.45) is 3.93. The summed E-state index contributed by atoms with van der Waals surface area (Å²) in [5.74, 6) is 1.33. The van der Waals surface area contributed by atoms with E-state index in [0.717, 1.165) is 11.8 Å². The van der Waals surface area contributed by atoms with Crippen molar-refractivity contribution in [2.75, 3.05) is 12.3 Å². The third kappa shape index (κ3) is 4.02. The maximum absolute atomic E-state index is 3.77. The fourth-order valence-electron chi connectivity index (χ4n) is 2.82. The zero-order valence-electron chi connectivity index (χ0n) is 13.4. The summed E-state index contributed by atoms with van der Waals surface area (Å²) in [4.78, 5) is 0. The number of rotatable bonds is 5. The molecule has 0 aromatic heterocycles. The molecule has 1 aromatic carbocycles. The van der Waals surface area contributed by atoms with E-state index in [0.29, 0.717) is 6.04 Å². The predicted octanol–water partition coefficient (Wildman–Crippen LogP) is 4.92. The van der Waals surface area contributed by atoms with Gasteiger partial charge >= 0.3 is 0 Å². The molecule has 0 amide bonds. The maximum atomic E-state index is 3.77. The molecule has 0 bridgehead atoms. The number of hydrogen-bond donors (Lipinski definition) is 1. The number of hydrogen-bond acceptors (Lipinski definition) is 2. The summed E-state index contributed by atoms with van der Waals surface area (Å²) >= 11 is 2.14. The molecule has 0 radical (unpaired) electrons. The lowest BCUT2D eigenvalue weighted by molar-refractivity contribution is 0.502. The monoisotopic (exact) mass is 291 g/mol. The van der Waals surface area contributed by atoms with Crippen molar-refractivity contribution in [3.8, 4) is 0 Å². The quantitative estimate of drug-likeness (QED) is 0.826. The van der Waals surface area contributed by atoms with E-state index in [1.165, 1.54) is 36.1 Å². The predicted molar refractivity (Wildman–Crippen MR) is 91.7 cm³/mol. The van der Waals surface area contributed by atoms with E-state index >= 15 is 0 Å². The molecule has 1 aromatic rings. The normalized spacial score (nSPS) is 21.1. The smallest absolute Gasteiger partial charge is 0.0440 e. The molecule has 2 unspecified atom stereocenters. The largest absolute Gasteiger partial charge is 0.309 e. The first kappa shape index (κ1) is 15.9. The summed E-state index contributed by atoms with van der Waals surface area (Å²) in [6.45, 7) is 10.2. The first-order chi connectivity index (χ1) is 9.52. The van der Waals surface area contributed by atoms with Gasteiger partial charge in [0.2, 0.25) is 0 Å². The lowest BCUT2D eigenvalue weighted by Crippen LogP contribution is -2.29. The van der Waals surface area contributed by atoms with Crippen LogP contribution >= 0.6 is 11.8 Å². The van der Waals surface area contributed by atoms with Crippen LogP contribution in [-0.2, 0) is 5.41 Å². The van der Waals surface area contributed by atoms with Crippen LogP contribution in [0, 0.1) is 0 Å². The highest BCUT2D eigenvalue weighted by Gasteiger charge is 2.26. The lowest BCUT2D eigenvalue weighted by Gasteiger charge is -2.26. The van der Waals surface area contributed by atoms with E-state index in [1.807, 2.05) is 0 Å². The standard InChI is InChI=1S/C18H29NS/c1-5-12-19-17(16-7-6-13-20-16)14-8-10-15(11-9-14)18(2,3)4/h8-11,16-17,19H,5-7,12-13H2,1-4H3. The van der Waals surface area contributed by atoms with E-state index in [1.54, 1.807) is 0 Å². The average Bonchev–Trinajstić information content (AvgIpc) is 2.93. The first-order valence-electron chi connectivity index (χ1n) is 7.98. The summed E-state index contributed by atoms with van der Waals surface area (Å²) in [5.41, 5.74) is 3.13. The highest BCUT2D eigenvalue weighted by molar-refractivity contribution is 8.00. The van der Waals surface area contributed by atoms with E-state index in [4.69, 9.17) is 0 Å².